The Labute approximate surface area is 102 Å². The van der Waals surface area contributed by atoms with Crippen LogP contribution < -0.4 is 5.73 Å². The zero-order valence-corrected chi connectivity index (χ0v) is 11.6. The van der Waals surface area contributed by atoms with Gasteiger partial charge in [0.2, 0.25) is 0 Å². The van der Waals surface area contributed by atoms with E-state index in [-0.39, 0.29) is 0 Å². The molecule has 3 unspecified atom stereocenters. The van der Waals surface area contributed by atoms with E-state index in [1.807, 2.05) is 0 Å². The fourth-order valence-corrected chi connectivity index (χ4v) is 3.07. The third kappa shape index (κ3) is 3.21. The second kappa shape index (κ2) is 6.61. The number of nitrogens with zero attached hydrogens (tertiary/aromatic N) is 1. The van der Waals surface area contributed by atoms with Crippen LogP contribution in [0.5, 0.6) is 0 Å². The maximum Gasteiger partial charge on any atom is 0.0246 e. The number of rotatable bonds is 5. The smallest absolute Gasteiger partial charge is 0.0246 e. The molecule has 1 aliphatic heterocycles. The maximum atomic E-state index is 5.99. The van der Waals surface area contributed by atoms with Gasteiger partial charge in [0.15, 0.2) is 0 Å². The lowest BCUT2D eigenvalue weighted by atomic mass is 9.85. The van der Waals surface area contributed by atoms with Crippen molar-refractivity contribution in [3.8, 4) is 0 Å². The van der Waals surface area contributed by atoms with E-state index in [1.54, 1.807) is 0 Å². The molecule has 0 aromatic heterocycles. The molecule has 0 aromatic rings. The third-order valence-electron chi connectivity index (χ3n) is 4.67. The summed E-state index contributed by atoms with van der Waals surface area (Å²) in [6.07, 6.45) is 3.87. The number of likely N-dealkylation sites (tertiary alicyclic amines) is 1. The second-order valence-electron chi connectivity index (χ2n) is 5.62. The molecular weight excluding hydrogens is 196 g/mol. The van der Waals surface area contributed by atoms with E-state index in [2.05, 4.69) is 32.6 Å². The molecule has 1 heterocycles. The molecule has 1 aliphatic rings. The Morgan fingerprint density at radius 3 is 2.25 bits per heavy atom. The fraction of sp³-hybridized carbons (Fsp3) is 1.00. The lowest BCUT2D eigenvalue weighted by Crippen LogP contribution is -2.50. The number of piperidine rings is 1. The van der Waals surface area contributed by atoms with Crippen LogP contribution in [0, 0.1) is 17.8 Å². The average Bonchev–Trinajstić information content (AvgIpc) is 2.29. The minimum Gasteiger partial charge on any atom is -0.329 e. The Kier molecular flexibility index (Phi) is 5.77. The van der Waals surface area contributed by atoms with Crippen LogP contribution in [-0.4, -0.2) is 30.6 Å². The first-order valence-corrected chi connectivity index (χ1v) is 7.08. The number of hydrogen-bond acceptors (Lipinski definition) is 2. The van der Waals surface area contributed by atoms with E-state index in [0.717, 1.165) is 24.3 Å². The van der Waals surface area contributed by atoms with Crippen LogP contribution >= 0.6 is 0 Å². The van der Waals surface area contributed by atoms with E-state index >= 15 is 0 Å². The molecule has 0 amide bonds. The van der Waals surface area contributed by atoms with Gasteiger partial charge in [-0.05, 0) is 30.7 Å². The van der Waals surface area contributed by atoms with Crippen LogP contribution in [0.15, 0.2) is 0 Å². The Morgan fingerprint density at radius 1 is 1.19 bits per heavy atom. The lowest BCUT2D eigenvalue weighted by molar-refractivity contribution is 0.0671. The van der Waals surface area contributed by atoms with Crippen molar-refractivity contribution in [2.45, 2.75) is 53.0 Å². The first-order chi connectivity index (χ1) is 7.63. The molecule has 2 heteroatoms. The van der Waals surface area contributed by atoms with Gasteiger partial charge in [0.25, 0.3) is 0 Å². The summed E-state index contributed by atoms with van der Waals surface area (Å²) in [5.74, 6) is 2.50. The Hall–Kier alpha value is -0.0800. The standard InChI is InChI=1S/C14H30N2/c1-5-13(6-2)14(9-15)16-8-7-11(3)12(4)10-16/h11-14H,5-10,15H2,1-4H3. The molecule has 0 aromatic carbocycles. The van der Waals surface area contributed by atoms with Gasteiger partial charge >= 0.3 is 0 Å². The number of hydrogen-bond donors (Lipinski definition) is 1. The highest BCUT2D eigenvalue weighted by Crippen LogP contribution is 2.27. The Bertz CT molecular complexity index is 189. The van der Waals surface area contributed by atoms with Gasteiger partial charge < -0.3 is 5.73 Å². The van der Waals surface area contributed by atoms with Crippen LogP contribution in [0.4, 0.5) is 0 Å². The molecule has 2 nitrogen and oxygen atoms in total. The Morgan fingerprint density at radius 2 is 1.81 bits per heavy atom. The molecule has 0 spiro atoms. The van der Waals surface area contributed by atoms with Gasteiger partial charge in [0.1, 0.15) is 0 Å². The monoisotopic (exact) mass is 226 g/mol. The lowest BCUT2D eigenvalue weighted by Gasteiger charge is -2.42. The van der Waals surface area contributed by atoms with Crippen molar-refractivity contribution in [3.63, 3.8) is 0 Å². The topological polar surface area (TPSA) is 29.3 Å². The SMILES string of the molecule is CCC(CC)C(CN)N1CCC(C)C(C)C1. The van der Waals surface area contributed by atoms with Crippen molar-refractivity contribution in [3.05, 3.63) is 0 Å². The predicted octanol–water partition coefficient (Wildman–Crippen LogP) is 2.73. The summed E-state index contributed by atoms with van der Waals surface area (Å²) in [6.45, 7) is 12.7. The summed E-state index contributed by atoms with van der Waals surface area (Å²) in [5, 5.41) is 0. The highest BCUT2D eigenvalue weighted by molar-refractivity contribution is 4.84. The first-order valence-electron chi connectivity index (χ1n) is 7.08. The van der Waals surface area contributed by atoms with E-state index in [1.165, 1.54) is 32.4 Å². The molecule has 0 aliphatic carbocycles. The number of nitrogens with two attached hydrogens (primary N) is 1. The summed E-state index contributed by atoms with van der Waals surface area (Å²) in [7, 11) is 0. The predicted molar refractivity (Wildman–Crippen MR) is 71.4 cm³/mol. The zero-order valence-electron chi connectivity index (χ0n) is 11.6. The minimum atomic E-state index is 0.616. The van der Waals surface area contributed by atoms with Crippen molar-refractivity contribution < 1.29 is 0 Å². The van der Waals surface area contributed by atoms with Gasteiger partial charge in [0, 0.05) is 19.1 Å². The molecule has 1 fully saturated rings. The van der Waals surface area contributed by atoms with E-state index in [9.17, 15) is 0 Å². The summed E-state index contributed by atoms with van der Waals surface area (Å²) in [6, 6.07) is 0.616. The van der Waals surface area contributed by atoms with Crippen LogP contribution in [-0.2, 0) is 0 Å². The molecule has 0 radical (unpaired) electrons. The van der Waals surface area contributed by atoms with E-state index < -0.39 is 0 Å². The Balaban J connectivity index is 2.59. The first kappa shape index (κ1) is 14.0. The van der Waals surface area contributed by atoms with Gasteiger partial charge in [-0.25, -0.2) is 0 Å². The normalized spacial score (nSPS) is 29.6. The summed E-state index contributed by atoms with van der Waals surface area (Å²) < 4.78 is 0. The minimum absolute atomic E-state index is 0.616. The fourth-order valence-electron chi connectivity index (χ4n) is 3.07. The summed E-state index contributed by atoms with van der Waals surface area (Å²) in [4.78, 5) is 2.66. The molecule has 16 heavy (non-hydrogen) atoms. The molecule has 96 valence electrons. The van der Waals surface area contributed by atoms with Gasteiger partial charge in [-0.1, -0.05) is 40.5 Å². The molecule has 3 atom stereocenters. The molecule has 0 bridgehead atoms. The highest BCUT2D eigenvalue weighted by Gasteiger charge is 2.30. The highest BCUT2D eigenvalue weighted by atomic mass is 15.2. The van der Waals surface area contributed by atoms with E-state index in [0.29, 0.717) is 6.04 Å². The van der Waals surface area contributed by atoms with Gasteiger partial charge in [-0.3, -0.25) is 4.90 Å². The molecular formula is C14H30N2. The van der Waals surface area contributed by atoms with Crippen molar-refractivity contribution in [1.29, 1.82) is 0 Å². The molecule has 1 saturated heterocycles. The van der Waals surface area contributed by atoms with Crippen molar-refractivity contribution >= 4 is 0 Å². The maximum absolute atomic E-state index is 5.99. The van der Waals surface area contributed by atoms with Crippen LogP contribution in [0.1, 0.15) is 47.0 Å². The van der Waals surface area contributed by atoms with Crippen LogP contribution in [0.25, 0.3) is 0 Å². The quantitative estimate of drug-likeness (QED) is 0.781. The van der Waals surface area contributed by atoms with Crippen LogP contribution in [0.2, 0.25) is 0 Å². The molecule has 0 saturated carbocycles. The van der Waals surface area contributed by atoms with Gasteiger partial charge in [0.05, 0.1) is 0 Å². The van der Waals surface area contributed by atoms with Crippen molar-refractivity contribution in [2.75, 3.05) is 19.6 Å². The largest absolute Gasteiger partial charge is 0.329 e. The van der Waals surface area contributed by atoms with Gasteiger partial charge in [-0.15, -0.1) is 0 Å². The molecule has 1 rings (SSSR count). The zero-order chi connectivity index (χ0) is 12.1. The van der Waals surface area contributed by atoms with Gasteiger partial charge in [-0.2, -0.15) is 0 Å². The summed E-state index contributed by atoms with van der Waals surface area (Å²) in [5.41, 5.74) is 5.99. The van der Waals surface area contributed by atoms with Crippen molar-refractivity contribution in [2.24, 2.45) is 23.5 Å². The third-order valence-corrected chi connectivity index (χ3v) is 4.67. The average molecular weight is 226 g/mol. The van der Waals surface area contributed by atoms with E-state index in [4.69, 9.17) is 5.73 Å². The summed E-state index contributed by atoms with van der Waals surface area (Å²) >= 11 is 0. The molecule has 2 N–H and O–H groups in total. The second-order valence-corrected chi connectivity index (χ2v) is 5.62. The van der Waals surface area contributed by atoms with Crippen molar-refractivity contribution in [1.82, 2.24) is 4.90 Å². The van der Waals surface area contributed by atoms with Crippen LogP contribution in [0.3, 0.4) is 0 Å².